The Balaban J connectivity index is 1.05. The number of nitrogens with zero attached hydrogens (tertiary/aromatic N) is 1. The maximum Gasteiger partial charge on any atom is 0.411 e. The van der Waals surface area contributed by atoms with E-state index in [0.29, 0.717) is 55.8 Å². The van der Waals surface area contributed by atoms with Gasteiger partial charge in [-0.3, -0.25) is 14.9 Å². The SMILES string of the molecule is CNCCC(=O)Nc1cccc(C(=O)NCCN2CCC(OC(=O)Nc3cccc(-c4ccccc4)c3-c3ccccc3-c3ccccc3)CC2)c1. The van der Waals surface area contributed by atoms with Crippen LogP contribution in [0.4, 0.5) is 16.2 Å². The van der Waals surface area contributed by atoms with Crippen LogP contribution in [-0.4, -0.2) is 68.7 Å². The van der Waals surface area contributed by atoms with E-state index in [4.69, 9.17) is 4.74 Å². The van der Waals surface area contributed by atoms with Gasteiger partial charge in [-0.1, -0.05) is 103 Å². The number of likely N-dealkylation sites (tertiary alicyclic amines) is 1. The van der Waals surface area contributed by atoms with Crippen molar-refractivity contribution in [2.24, 2.45) is 0 Å². The third-order valence-electron chi connectivity index (χ3n) is 9.20. The highest BCUT2D eigenvalue weighted by molar-refractivity contribution is 6.02. The van der Waals surface area contributed by atoms with Crippen molar-refractivity contribution >= 4 is 29.3 Å². The van der Waals surface area contributed by atoms with Gasteiger partial charge < -0.3 is 25.6 Å². The van der Waals surface area contributed by atoms with Gasteiger partial charge in [0.1, 0.15) is 6.10 Å². The van der Waals surface area contributed by atoms with Gasteiger partial charge in [0.05, 0.1) is 5.69 Å². The fourth-order valence-corrected chi connectivity index (χ4v) is 6.55. The molecule has 3 amide bonds. The lowest BCUT2D eigenvalue weighted by molar-refractivity contribution is -0.116. The van der Waals surface area contributed by atoms with Crippen molar-refractivity contribution in [1.82, 2.24) is 15.5 Å². The van der Waals surface area contributed by atoms with E-state index < -0.39 is 6.09 Å². The second kappa shape index (κ2) is 17.9. The van der Waals surface area contributed by atoms with Crippen molar-refractivity contribution in [2.45, 2.75) is 25.4 Å². The smallest absolute Gasteiger partial charge is 0.411 e. The number of hydrogen-bond donors (Lipinski definition) is 4. The third kappa shape index (κ3) is 9.51. The Bertz CT molecular complexity index is 1960. The molecule has 0 aromatic heterocycles. The summed E-state index contributed by atoms with van der Waals surface area (Å²) in [6, 6.07) is 41.7. The van der Waals surface area contributed by atoms with Crippen molar-refractivity contribution in [3.63, 3.8) is 0 Å². The van der Waals surface area contributed by atoms with Gasteiger partial charge in [0.25, 0.3) is 5.91 Å². The minimum absolute atomic E-state index is 0.108. The Labute approximate surface area is 305 Å². The molecule has 1 aliphatic heterocycles. The predicted octanol–water partition coefficient (Wildman–Crippen LogP) is 7.68. The average molecular weight is 696 g/mol. The number of benzene rings is 5. The summed E-state index contributed by atoms with van der Waals surface area (Å²) < 4.78 is 5.98. The largest absolute Gasteiger partial charge is 0.446 e. The Morgan fingerprint density at radius 1 is 0.692 bits per heavy atom. The Morgan fingerprint density at radius 3 is 2.04 bits per heavy atom. The highest BCUT2D eigenvalue weighted by Gasteiger charge is 2.24. The molecular formula is C43H45N5O4. The van der Waals surface area contributed by atoms with Gasteiger partial charge in [-0.05, 0) is 72.0 Å². The highest BCUT2D eigenvalue weighted by atomic mass is 16.6. The monoisotopic (exact) mass is 695 g/mol. The van der Waals surface area contributed by atoms with Crippen LogP contribution < -0.4 is 21.3 Å². The van der Waals surface area contributed by atoms with E-state index in [9.17, 15) is 14.4 Å². The summed E-state index contributed by atoms with van der Waals surface area (Å²) >= 11 is 0. The van der Waals surface area contributed by atoms with Crippen LogP contribution in [0.3, 0.4) is 0 Å². The first kappa shape index (κ1) is 36.0. The molecule has 266 valence electrons. The molecule has 9 heteroatoms. The van der Waals surface area contributed by atoms with E-state index in [1.54, 1.807) is 31.3 Å². The molecule has 0 spiro atoms. The van der Waals surface area contributed by atoms with Gasteiger partial charge in [0.15, 0.2) is 0 Å². The van der Waals surface area contributed by atoms with E-state index in [1.807, 2.05) is 60.7 Å². The molecule has 5 aromatic carbocycles. The number of anilines is 2. The number of ether oxygens (including phenoxy) is 1. The van der Waals surface area contributed by atoms with Crippen LogP contribution in [0.5, 0.6) is 0 Å². The number of amides is 3. The van der Waals surface area contributed by atoms with E-state index in [-0.39, 0.29) is 17.9 Å². The molecule has 4 N–H and O–H groups in total. The zero-order valence-electron chi connectivity index (χ0n) is 29.4. The maximum absolute atomic E-state index is 13.4. The summed E-state index contributed by atoms with van der Waals surface area (Å²) in [7, 11) is 1.80. The van der Waals surface area contributed by atoms with E-state index in [0.717, 1.165) is 46.5 Å². The van der Waals surface area contributed by atoms with Crippen LogP contribution in [0.1, 0.15) is 29.6 Å². The fourth-order valence-electron chi connectivity index (χ4n) is 6.55. The topological polar surface area (TPSA) is 112 Å². The summed E-state index contributed by atoms with van der Waals surface area (Å²) in [6.07, 6.45) is 1.06. The Kier molecular flexibility index (Phi) is 12.4. The van der Waals surface area contributed by atoms with Crippen LogP contribution in [0.2, 0.25) is 0 Å². The van der Waals surface area contributed by atoms with Gasteiger partial charge in [-0.2, -0.15) is 0 Å². The predicted molar refractivity (Wildman–Crippen MR) is 208 cm³/mol. The molecule has 5 aromatic rings. The maximum atomic E-state index is 13.4. The van der Waals surface area contributed by atoms with Gasteiger partial charge in [-0.15, -0.1) is 0 Å². The first-order valence-electron chi connectivity index (χ1n) is 17.8. The number of piperidine rings is 1. The normalized spacial score (nSPS) is 13.2. The Morgan fingerprint density at radius 2 is 1.33 bits per heavy atom. The van der Waals surface area contributed by atoms with Crippen LogP contribution in [-0.2, 0) is 9.53 Å². The van der Waals surface area contributed by atoms with Crippen molar-refractivity contribution in [3.05, 3.63) is 133 Å². The minimum Gasteiger partial charge on any atom is -0.446 e. The van der Waals surface area contributed by atoms with Crippen LogP contribution in [0.15, 0.2) is 127 Å². The lowest BCUT2D eigenvalue weighted by atomic mass is 9.88. The van der Waals surface area contributed by atoms with Crippen LogP contribution in [0.25, 0.3) is 33.4 Å². The highest BCUT2D eigenvalue weighted by Crippen LogP contribution is 2.42. The first-order chi connectivity index (χ1) is 25.5. The lowest BCUT2D eigenvalue weighted by Gasteiger charge is -2.31. The Hall–Kier alpha value is -5.77. The molecule has 9 nitrogen and oxygen atoms in total. The number of nitrogens with one attached hydrogen (secondary N) is 4. The summed E-state index contributed by atoms with van der Waals surface area (Å²) in [5, 5.41) is 11.9. The summed E-state index contributed by atoms with van der Waals surface area (Å²) in [5.41, 5.74) is 7.96. The molecule has 1 fully saturated rings. The lowest BCUT2D eigenvalue weighted by Crippen LogP contribution is -2.42. The number of rotatable bonds is 13. The van der Waals surface area contributed by atoms with E-state index >= 15 is 0 Å². The van der Waals surface area contributed by atoms with Crippen molar-refractivity contribution in [3.8, 4) is 33.4 Å². The standard InChI is InChI=1S/C43H45N5O4/c1-44-25-22-40(49)46-34-17-10-16-33(30-34)42(50)45-26-29-48-27-23-35(24-28-48)52-43(51)47-39-21-11-20-37(32-14-6-3-7-15-32)41(39)38-19-9-8-18-36(38)31-12-4-2-5-13-31/h2-21,30,35,44H,22-29H2,1H3,(H,45,50)(H,46,49)(H,47,51). The molecule has 0 unspecified atom stereocenters. The summed E-state index contributed by atoms with van der Waals surface area (Å²) in [5.74, 6) is -0.299. The van der Waals surface area contributed by atoms with E-state index in [2.05, 4.69) is 68.6 Å². The molecule has 1 aliphatic rings. The molecule has 0 radical (unpaired) electrons. The second-order valence-corrected chi connectivity index (χ2v) is 12.8. The van der Waals surface area contributed by atoms with Crippen LogP contribution >= 0.6 is 0 Å². The fraction of sp³-hybridized carbons (Fsp3) is 0.233. The summed E-state index contributed by atoms with van der Waals surface area (Å²) in [4.78, 5) is 40.6. The zero-order chi connectivity index (χ0) is 36.1. The minimum atomic E-state index is -0.477. The molecule has 0 bridgehead atoms. The quantitative estimate of drug-likeness (QED) is 0.101. The van der Waals surface area contributed by atoms with Crippen LogP contribution in [0, 0.1) is 0 Å². The molecule has 0 atom stereocenters. The van der Waals surface area contributed by atoms with Gasteiger partial charge in [-0.25, -0.2) is 4.79 Å². The number of carbonyl (C=O) groups is 3. The van der Waals surface area contributed by atoms with Gasteiger partial charge in [0.2, 0.25) is 5.91 Å². The van der Waals surface area contributed by atoms with E-state index in [1.165, 1.54) is 0 Å². The molecule has 52 heavy (non-hydrogen) atoms. The third-order valence-corrected chi connectivity index (χ3v) is 9.20. The van der Waals surface area contributed by atoms with Crippen molar-refractivity contribution < 1.29 is 19.1 Å². The molecule has 1 saturated heterocycles. The molecule has 6 rings (SSSR count). The van der Waals surface area contributed by atoms with Crippen molar-refractivity contribution in [1.29, 1.82) is 0 Å². The van der Waals surface area contributed by atoms with Gasteiger partial charge in [0, 0.05) is 56.0 Å². The average Bonchev–Trinajstić information content (AvgIpc) is 3.18. The van der Waals surface area contributed by atoms with Gasteiger partial charge >= 0.3 is 6.09 Å². The summed E-state index contributed by atoms with van der Waals surface area (Å²) in [6.45, 7) is 3.25. The molecule has 0 saturated carbocycles. The second-order valence-electron chi connectivity index (χ2n) is 12.8. The number of hydrogen-bond acceptors (Lipinski definition) is 6. The van der Waals surface area contributed by atoms with Crippen molar-refractivity contribution in [2.75, 3.05) is 50.4 Å². The first-order valence-corrected chi connectivity index (χ1v) is 17.8. The molecule has 0 aliphatic carbocycles. The number of carbonyl (C=O) groups excluding carboxylic acids is 3. The molecule has 1 heterocycles. The zero-order valence-corrected chi connectivity index (χ0v) is 29.4. The molecular weight excluding hydrogens is 651 g/mol.